The predicted octanol–water partition coefficient (Wildman–Crippen LogP) is 1.05. The van der Waals surface area contributed by atoms with Crippen LogP contribution >= 0.6 is 0 Å². The maximum atomic E-state index is 5.82. The lowest BCUT2D eigenvalue weighted by Crippen LogP contribution is -2.24. The summed E-state index contributed by atoms with van der Waals surface area (Å²) >= 11 is 0. The van der Waals surface area contributed by atoms with Gasteiger partial charge < -0.3 is 15.4 Å². The summed E-state index contributed by atoms with van der Waals surface area (Å²) in [5.41, 5.74) is 7.49. The molecule has 1 aromatic rings. The van der Waals surface area contributed by atoms with Gasteiger partial charge in [0.2, 0.25) is 0 Å². The molecule has 0 fully saturated rings. The number of pyridine rings is 1. The third-order valence-corrected chi connectivity index (χ3v) is 2.04. The summed E-state index contributed by atoms with van der Waals surface area (Å²) in [6, 6.07) is 3.78. The number of methoxy groups -OCH3 is 1. The van der Waals surface area contributed by atoms with Gasteiger partial charge in [0.05, 0.1) is 12.3 Å². The SMILES string of the molecule is COCCN(C)c1nc(C)ccc1N. The number of aromatic nitrogens is 1. The van der Waals surface area contributed by atoms with E-state index in [1.54, 1.807) is 7.11 Å². The molecule has 0 amide bonds. The molecule has 0 saturated carbocycles. The number of ether oxygens (including phenoxy) is 1. The summed E-state index contributed by atoms with van der Waals surface area (Å²) in [5, 5.41) is 0. The van der Waals surface area contributed by atoms with Crippen molar-refractivity contribution in [1.82, 2.24) is 4.98 Å². The second-order valence-corrected chi connectivity index (χ2v) is 3.28. The van der Waals surface area contributed by atoms with Gasteiger partial charge in [-0.05, 0) is 19.1 Å². The highest BCUT2D eigenvalue weighted by Gasteiger charge is 2.06. The van der Waals surface area contributed by atoms with Crippen molar-refractivity contribution in [2.24, 2.45) is 0 Å². The first kappa shape index (κ1) is 10.8. The predicted molar refractivity (Wildman–Crippen MR) is 58.5 cm³/mol. The molecule has 0 bridgehead atoms. The topological polar surface area (TPSA) is 51.4 Å². The van der Waals surface area contributed by atoms with E-state index in [0.717, 1.165) is 18.1 Å². The van der Waals surface area contributed by atoms with Crippen molar-refractivity contribution in [1.29, 1.82) is 0 Å². The molecule has 0 spiro atoms. The Morgan fingerprint density at radius 2 is 2.21 bits per heavy atom. The van der Waals surface area contributed by atoms with Gasteiger partial charge in [-0.2, -0.15) is 0 Å². The van der Waals surface area contributed by atoms with Crippen LogP contribution in [0.25, 0.3) is 0 Å². The van der Waals surface area contributed by atoms with Gasteiger partial charge in [-0.15, -0.1) is 0 Å². The Balaban J connectivity index is 2.77. The van der Waals surface area contributed by atoms with Crippen LogP contribution in [-0.2, 0) is 4.74 Å². The number of aryl methyl sites for hydroxylation is 1. The number of nitrogen functional groups attached to an aromatic ring is 1. The van der Waals surface area contributed by atoms with E-state index in [0.29, 0.717) is 12.3 Å². The van der Waals surface area contributed by atoms with E-state index in [1.165, 1.54) is 0 Å². The fourth-order valence-corrected chi connectivity index (χ4v) is 1.19. The third kappa shape index (κ3) is 2.60. The van der Waals surface area contributed by atoms with Crippen LogP contribution in [0, 0.1) is 6.92 Å². The number of hydrogen-bond acceptors (Lipinski definition) is 4. The molecule has 0 radical (unpaired) electrons. The minimum atomic E-state index is 0.672. The molecular formula is C10H17N3O. The molecule has 1 aromatic heterocycles. The van der Waals surface area contributed by atoms with Crippen LogP contribution in [0.3, 0.4) is 0 Å². The second-order valence-electron chi connectivity index (χ2n) is 3.28. The first-order valence-electron chi connectivity index (χ1n) is 4.58. The van der Waals surface area contributed by atoms with Crippen molar-refractivity contribution in [2.75, 3.05) is 37.9 Å². The highest BCUT2D eigenvalue weighted by Crippen LogP contribution is 2.18. The number of nitrogens with zero attached hydrogens (tertiary/aromatic N) is 2. The van der Waals surface area contributed by atoms with Gasteiger partial charge in [-0.25, -0.2) is 4.98 Å². The number of hydrogen-bond donors (Lipinski definition) is 1. The molecule has 14 heavy (non-hydrogen) atoms. The molecule has 0 aromatic carbocycles. The quantitative estimate of drug-likeness (QED) is 0.780. The van der Waals surface area contributed by atoms with Gasteiger partial charge in [0.15, 0.2) is 5.82 Å². The summed E-state index contributed by atoms with van der Waals surface area (Å²) < 4.78 is 4.99. The summed E-state index contributed by atoms with van der Waals surface area (Å²) in [5.74, 6) is 0.821. The molecule has 4 heteroatoms. The van der Waals surface area contributed by atoms with Crippen molar-refractivity contribution < 1.29 is 4.74 Å². The molecular weight excluding hydrogens is 178 g/mol. The Bertz CT molecular complexity index is 301. The molecule has 0 saturated heterocycles. The molecule has 0 aliphatic carbocycles. The van der Waals surface area contributed by atoms with E-state index in [9.17, 15) is 0 Å². The van der Waals surface area contributed by atoms with Gasteiger partial charge >= 0.3 is 0 Å². The standard InChI is InChI=1S/C10H17N3O/c1-8-4-5-9(11)10(12-8)13(2)6-7-14-3/h4-5H,6-7,11H2,1-3H3. The lowest BCUT2D eigenvalue weighted by molar-refractivity contribution is 0.206. The summed E-state index contributed by atoms with van der Waals surface area (Å²) in [4.78, 5) is 6.36. The molecule has 0 atom stereocenters. The average Bonchev–Trinajstić information content (AvgIpc) is 2.18. The zero-order valence-electron chi connectivity index (χ0n) is 8.95. The third-order valence-electron chi connectivity index (χ3n) is 2.04. The molecule has 2 N–H and O–H groups in total. The van der Waals surface area contributed by atoms with Gasteiger partial charge in [0.1, 0.15) is 0 Å². The minimum Gasteiger partial charge on any atom is -0.396 e. The van der Waals surface area contributed by atoms with Crippen LogP contribution in [0.1, 0.15) is 5.69 Å². The fourth-order valence-electron chi connectivity index (χ4n) is 1.19. The Labute approximate surface area is 84.7 Å². The summed E-state index contributed by atoms with van der Waals surface area (Å²) in [6.45, 7) is 3.41. The average molecular weight is 195 g/mol. The van der Waals surface area contributed by atoms with E-state index in [4.69, 9.17) is 10.5 Å². The van der Waals surface area contributed by atoms with Crippen molar-refractivity contribution in [3.8, 4) is 0 Å². The maximum absolute atomic E-state index is 5.82. The molecule has 0 aliphatic rings. The highest BCUT2D eigenvalue weighted by atomic mass is 16.5. The van der Waals surface area contributed by atoms with Crippen LogP contribution in [0.5, 0.6) is 0 Å². The summed E-state index contributed by atoms with van der Waals surface area (Å²) in [7, 11) is 3.64. The Morgan fingerprint density at radius 3 is 2.86 bits per heavy atom. The Morgan fingerprint density at radius 1 is 1.50 bits per heavy atom. The zero-order chi connectivity index (χ0) is 10.6. The molecule has 0 unspecified atom stereocenters. The largest absolute Gasteiger partial charge is 0.396 e. The van der Waals surface area contributed by atoms with E-state index in [1.807, 2.05) is 31.0 Å². The monoisotopic (exact) mass is 195 g/mol. The Kier molecular flexibility index (Phi) is 3.71. The number of likely N-dealkylation sites (N-methyl/N-ethyl adjacent to an activating group) is 1. The van der Waals surface area contributed by atoms with E-state index < -0.39 is 0 Å². The van der Waals surface area contributed by atoms with Gasteiger partial charge in [-0.1, -0.05) is 0 Å². The summed E-state index contributed by atoms with van der Waals surface area (Å²) in [6.07, 6.45) is 0. The second kappa shape index (κ2) is 4.81. The maximum Gasteiger partial charge on any atom is 0.151 e. The van der Waals surface area contributed by atoms with Crippen LogP contribution in [0.4, 0.5) is 11.5 Å². The molecule has 1 rings (SSSR count). The lowest BCUT2D eigenvalue weighted by Gasteiger charge is -2.19. The molecule has 1 heterocycles. The molecule has 78 valence electrons. The molecule has 4 nitrogen and oxygen atoms in total. The number of anilines is 2. The lowest BCUT2D eigenvalue weighted by atomic mass is 10.3. The Hall–Kier alpha value is -1.29. The van der Waals surface area contributed by atoms with Gasteiger partial charge in [-0.3, -0.25) is 0 Å². The fraction of sp³-hybridized carbons (Fsp3) is 0.500. The van der Waals surface area contributed by atoms with Crippen molar-refractivity contribution in [3.63, 3.8) is 0 Å². The van der Waals surface area contributed by atoms with Crippen LogP contribution in [0.2, 0.25) is 0 Å². The smallest absolute Gasteiger partial charge is 0.151 e. The van der Waals surface area contributed by atoms with Crippen LogP contribution in [-0.4, -0.2) is 32.3 Å². The van der Waals surface area contributed by atoms with Gasteiger partial charge in [0.25, 0.3) is 0 Å². The van der Waals surface area contributed by atoms with Gasteiger partial charge in [0, 0.05) is 26.4 Å². The van der Waals surface area contributed by atoms with E-state index in [-0.39, 0.29) is 0 Å². The van der Waals surface area contributed by atoms with Crippen LogP contribution in [0.15, 0.2) is 12.1 Å². The van der Waals surface area contributed by atoms with E-state index >= 15 is 0 Å². The number of rotatable bonds is 4. The zero-order valence-corrected chi connectivity index (χ0v) is 8.95. The normalized spacial score (nSPS) is 10.2. The van der Waals surface area contributed by atoms with Crippen molar-refractivity contribution in [2.45, 2.75) is 6.92 Å². The minimum absolute atomic E-state index is 0.672. The van der Waals surface area contributed by atoms with E-state index in [2.05, 4.69) is 4.98 Å². The highest BCUT2D eigenvalue weighted by molar-refractivity contribution is 5.62. The first-order valence-corrected chi connectivity index (χ1v) is 4.58. The molecule has 0 aliphatic heterocycles. The first-order chi connectivity index (χ1) is 6.65. The van der Waals surface area contributed by atoms with Crippen molar-refractivity contribution in [3.05, 3.63) is 17.8 Å². The number of nitrogens with two attached hydrogens (primary N) is 1. The van der Waals surface area contributed by atoms with Crippen LogP contribution < -0.4 is 10.6 Å². The van der Waals surface area contributed by atoms with Crippen molar-refractivity contribution >= 4 is 11.5 Å².